The van der Waals surface area contributed by atoms with Crippen molar-refractivity contribution in [2.24, 2.45) is 11.8 Å². The zero-order chi connectivity index (χ0) is 8.43. The summed E-state index contributed by atoms with van der Waals surface area (Å²) in [5, 5.41) is 9.44. The maximum Gasteiger partial charge on any atom is 0.133 e. The van der Waals surface area contributed by atoms with Crippen LogP contribution in [0.2, 0.25) is 0 Å². The fraction of sp³-hybridized carbons (Fsp3) is 0.889. The van der Waals surface area contributed by atoms with Gasteiger partial charge in [0.25, 0.3) is 0 Å². The molecule has 2 heteroatoms. The summed E-state index contributed by atoms with van der Waals surface area (Å²) in [5.74, 6) is 0.510. The van der Waals surface area contributed by atoms with E-state index >= 15 is 0 Å². The van der Waals surface area contributed by atoms with E-state index in [0.717, 1.165) is 19.3 Å². The van der Waals surface area contributed by atoms with Crippen LogP contribution in [-0.2, 0) is 4.79 Å². The molecule has 1 rings (SSSR count). The normalized spacial score (nSPS) is 38.6. The molecule has 0 aliphatic heterocycles. The van der Waals surface area contributed by atoms with Crippen molar-refractivity contribution in [2.45, 2.75) is 39.2 Å². The molecule has 1 aliphatic carbocycles. The standard InChI is InChI=1S/C9H16O2/c1-6-8(7(2)10)4-3-5-9(6)11/h6,8-9,11H,3-5H2,1-2H3. The molecule has 0 radical (unpaired) electrons. The van der Waals surface area contributed by atoms with Crippen LogP contribution in [0.3, 0.4) is 0 Å². The van der Waals surface area contributed by atoms with Crippen LogP contribution in [0, 0.1) is 11.8 Å². The third-order valence-corrected chi connectivity index (χ3v) is 2.78. The zero-order valence-corrected chi connectivity index (χ0v) is 7.21. The van der Waals surface area contributed by atoms with E-state index in [9.17, 15) is 9.90 Å². The van der Waals surface area contributed by atoms with E-state index in [4.69, 9.17) is 0 Å². The van der Waals surface area contributed by atoms with Crippen molar-refractivity contribution in [3.63, 3.8) is 0 Å². The van der Waals surface area contributed by atoms with Crippen molar-refractivity contribution in [1.82, 2.24) is 0 Å². The number of aliphatic hydroxyl groups is 1. The number of carbonyl (C=O) groups excluding carboxylic acids is 1. The number of hydrogen-bond acceptors (Lipinski definition) is 2. The minimum Gasteiger partial charge on any atom is -0.393 e. The molecule has 0 bridgehead atoms. The van der Waals surface area contributed by atoms with Crippen LogP contribution < -0.4 is 0 Å². The highest BCUT2D eigenvalue weighted by atomic mass is 16.3. The Bertz CT molecular complexity index is 154. The predicted molar refractivity (Wildman–Crippen MR) is 43.2 cm³/mol. The second-order valence-electron chi connectivity index (χ2n) is 3.57. The quantitative estimate of drug-likeness (QED) is 0.622. The lowest BCUT2D eigenvalue weighted by Crippen LogP contribution is -2.33. The molecular weight excluding hydrogens is 140 g/mol. The smallest absolute Gasteiger partial charge is 0.133 e. The maximum absolute atomic E-state index is 11.0. The van der Waals surface area contributed by atoms with Crippen molar-refractivity contribution in [3.05, 3.63) is 0 Å². The van der Waals surface area contributed by atoms with E-state index in [1.54, 1.807) is 6.92 Å². The highest BCUT2D eigenvalue weighted by Gasteiger charge is 2.30. The first-order chi connectivity index (χ1) is 5.13. The lowest BCUT2D eigenvalue weighted by atomic mass is 9.76. The lowest BCUT2D eigenvalue weighted by Gasteiger charge is -2.31. The number of carbonyl (C=O) groups is 1. The van der Waals surface area contributed by atoms with Crippen LogP contribution in [0.25, 0.3) is 0 Å². The Morgan fingerprint density at radius 3 is 2.55 bits per heavy atom. The number of aliphatic hydroxyl groups excluding tert-OH is 1. The Kier molecular flexibility index (Phi) is 2.66. The third-order valence-electron chi connectivity index (χ3n) is 2.78. The molecule has 1 N–H and O–H groups in total. The molecule has 0 aromatic heterocycles. The molecule has 64 valence electrons. The van der Waals surface area contributed by atoms with Gasteiger partial charge in [0.2, 0.25) is 0 Å². The fourth-order valence-corrected chi connectivity index (χ4v) is 1.91. The van der Waals surface area contributed by atoms with Gasteiger partial charge >= 0.3 is 0 Å². The first kappa shape index (κ1) is 8.72. The molecule has 0 saturated heterocycles. The van der Waals surface area contributed by atoms with Crippen LogP contribution in [-0.4, -0.2) is 17.0 Å². The second kappa shape index (κ2) is 3.35. The van der Waals surface area contributed by atoms with Crippen LogP contribution in [0.15, 0.2) is 0 Å². The Balaban J connectivity index is 2.58. The summed E-state index contributed by atoms with van der Waals surface area (Å²) in [7, 11) is 0. The SMILES string of the molecule is CC(=O)C1CCCC(O)C1C. The second-order valence-corrected chi connectivity index (χ2v) is 3.57. The van der Waals surface area contributed by atoms with Gasteiger partial charge in [-0.3, -0.25) is 4.79 Å². The number of hydrogen-bond donors (Lipinski definition) is 1. The first-order valence-corrected chi connectivity index (χ1v) is 4.31. The summed E-state index contributed by atoms with van der Waals surface area (Å²) < 4.78 is 0. The highest BCUT2D eigenvalue weighted by Crippen LogP contribution is 2.30. The summed E-state index contributed by atoms with van der Waals surface area (Å²) in [6.07, 6.45) is 2.58. The summed E-state index contributed by atoms with van der Waals surface area (Å²) in [5.41, 5.74) is 0. The van der Waals surface area contributed by atoms with Crippen LogP contribution >= 0.6 is 0 Å². The Morgan fingerprint density at radius 1 is 1.45 bits per heavy atom. The number of Topliss-reactive ketones (excluding diaryl/α,β-unsaturated/α-hetero) is 1. The lowest BCUT2D eigenvalue weighted by molar-refractivity contribution is -0.125. The fourth-order valence-electron chi connectivity index (χ4n) is 1.91. The number of rotatable bonds is 1. The van der Waals surface area contributed by atoms with Crippen molar-refractivity contribution in [3.8, 4) is 0 Å². The van der Waals surface area contributed by atoms with Gasteiger partial charge in [-0.15, -0.1) is 0 Å². The first-order valence-electron chi connectivity index (χ1n) is 4.31. The molecule has 2 nitrogen and oxygen atoms in total. The topological polar surface area (TPSA) is 37.3 Å². The molecule has 0 aromatic rings. The van der Waals surface area contributed by atoms with Crippen LogP contribution in [0.1, 0.15) is 33.1 Å². The molecular formula is C9H16O2. The minimum absolute atomic E-state index is 0.110. The van der Waals surface area contributed by atoms with Gasteiger partial charge in [-0.2, -0.15) is 0 Å². The molecule has 0 spiro atoms. The molecule has 1 saturated carbocycles. The summed E-state index contributed by atoms with van der Waals surface area (Å²) in [4.78, 5) is 11.0. The third kappa shape index (κ3) is 1.80. The van der Waals surface area contributed by atoms with E-state index < -0.39 is 0 Å². The molecule has 0 amide bonds. The summed E-state index contributed by atoms with van der Waals surface area (Å²) in [6.45, 7) is 3.59. The van der Waals surface area contributed by atoms with Gasteiger partial charge in [-0.05, 0) is 25.7 Å². The Labute approximate surface area is 67.6 Å². The van der Waals surface area contributed by atoms with Gasteiger partial charge in [0, 0.05) is 5.92 Å². The van der Waals surface area contributed by atoms with Gasteiger partial charge in [0.15, 0.2) is 0 Å². The van der Waals surface area contributed by atoms with Gasteiger partial charge in [-0.25, -0.2) is 0 Å². The average molecular weight is 156 g/mol. The van der Waals surface area contributed by atoms with Gasteiger partial charge < -0.3 is 5.11 Å². The van der Waals surface area contributed by atoms with Crippen molar-refractivity contribution in [1.29, 1.82) is 0 Å². The molecule has 1 fully saturated rings. The van der Waals surface area contributed by atoms with Gasteiger partial charge in [0.05, 0.1) is 6.10 Å². The van der Waals surface area contributed by atoms with Crippen LogP contribution in [0.5, 0.6) is 0 Å². The van der Waals surface area contributed by atoms with Crippen LogP contribution in [0.4, 0.5) is 0 Å². The largest absolute Gasteiger partial charge is 0.393 e. The number of ketones is 1. The van der Waals surface area contributed by atoms with E-state index in [1.165, 1.54) is 0 Å². The van der Waals surface area contributed by atoms with E-state index in [1.807, 2.05) is 6.92 Å². The molecule has 1 aliphatic rings. The molecule has 0 aromatic carbocycles. The van der Waals surface area contributed by atoms with Crippen molar-refractivity contribution in [2.75, 3.05) is 0 Å². The summed E-state index contributed by atoms with van der Waals surface area (Å²) >= 11 is 0. The zero-order valence-electron chi connectivity index (χ0n) is 7.21. The average Bonchev–Trinajstić information content (AvgIpc) is 1.94. The van der Waals surface area contributed by atoms with E-state index in [-0.39, 0.29) is 23.7 Å². The highest BCUT2D eigenvalue weighted by molar-refractivity contribution is 5.78. The Morgan fingerprint density at radius 2 is 2.09 bits per heavy atom. The monoisotopic (exact) mass is 156 g/mol. The van der Waals surface area contributed by atoms with E-state index in [2.05, 4.69) is 0 Å². The van der Waals surface area contributed by atoms with Gasteiger partial charge in [-0.1, -0.05) is 13.3 Å². The van der Waals surface area contributed by atoms with Crippen molar-refractivity contribution < 1.29 is 9.90 Å². The molecule has 3 atom stereocenters. The maximum atomic E-state index is 11.0. The predicted octanol–water partition coefficient (Wildman–Crippen LogP) is 1.37. The molecule has 3 unspecified atom stereocenters. The van der Waals surface area contributed by atoms with E-state index in [0.29, 0.717) is 0 Å². The molecule has 11 heavy (non-hydrogen) atoms. The minimum atomic E-state index is -0.252. The van der Waals surface area contributed by atoms with Gasteiger partial charge in [0.1, 0.15) is 5.78 Å². The van der Waals surface area contributed by atoms with Crippen molar-refractivity contribution >= 4 is 5.78 Å². The molecule has 0 heterocycles. The summed E-state index contributed by atoms with van der Waals surface area (Å²) in [6, 6.07) is 0. The Hall–Kier alpha value is -0.370.